The van der Waals surface area contributed by atoms with E-state index in [4.69, 9.17) is 4.74 Å². The molecule has 2 aliphatic heterocycles. The zero-order chi connectivity index (χ0) is 22.0. The third-order valence-electron chi connectivity index (χ3n) is 6.35. The number of amides is 1. The van der Waals surface area contributed by atoms with Gasteiger partial charge >= 0.3 is 0 Å². The van der Waals surface area contributed by atoms with Crippen molar-refractivity contribution in [3.63, 3.8) is 0 Å². The van der Waals surface area contributed by atoms with Crippen LogP contribution in [0.5, 0.6) is 5.75 Å². The second-order valence-electron chi connectivity index (χ2n) is 10.2. The summed E-state index contributed by atoms with van der Waals surface area (Å²) in [4.78, 5) is 20.0. The van der Waals surface area contributed by atoms with Crippen LogP contribution in [-0.2, 0) is 17.8 Å². The van der Waals surface area contributed by atoms with Crippen LogP contribution in [0, 0.1) is 11.3 Å². The number of nitrogens with zero attached hydrogens (tertiary/aromatic N) is 2. The van der Waals surface area contributed by atoms with E-state index < -0.39 is 5.41 Å². The van der Waals surface area contributed by atoms with Gasteiger partial charge in [0.15, 0.2) is 0 Å². The summed E-state index contributed by atoms with van der Waals surface area (Å²) >= 11 is 0. The highest BCUT2D eigenvalue weighted by atomic mass is 16.5. The first kappa shape index (κ1) is 21.8. The third kappa shape index (κ3) is 5.27. The van der Waals surface area contributed by atoms with E-state index in [2.05, 4.69) is 40.3 Å². The van der Waals surface area contributed by atoms with E-state index in [0.717, 1.165) is 50.3 Å². The van der Waals surface area contributed by atoms with Gasteiger partial charge in [0, 0.05) is 31.1 Å². The Hall–Kier alpha value is -2.40. The largest absolute Gasteiger partial charge is 0.490 e. The Morgan fingerprint density at radius 2 is 2.13 bits per heavy atom. The van der Waals surface area contributed by atoms with E-state index in [-0.39, 0.29) is 18.1 Å². The van der Waals surface area contributed by atoms with Gasteiger partial charge in [0.25, 0.3) is 0 Å². The molecule has 1 aromatic carbocycles. The first-order valence-corrected chi connectivity index (χ1v) is 11.5. The van der Waals surface area contributed by atoms with Crippen LogP contribution in [0.3, 0.4) is 0 Å². The first-order valence-electron chi connectivity index (χ1n) is 11.5. The summed E-state index contributed by atoms with van der Waals surface area (Å²) in [5, 5.41) is 3.32. The van der Waals surface area contributed by atoms with Crippen molar-refractivity contribution >= 4 is 5.91 Å². The fourth-order valence-corrected chi connectivity index (χ4v) is 4.69. The lowest BCUT2D eigenvalue weighted by Crippen LogP contribution is -2.45. The van der Waals surface area contributed by atoms with Crippen LogP contribution in [0.1, 0.15) is 63.4 Å². The van der Waals surface area contributed by atoms with Gasteiger partial charge in [-0.05, 0) is 61.6 Å². The number of nitrogens with one attached hydrogen (secondary N) is 1. The molecule has 2 aliphatic rings. The summed E-state index contributed by atoms with van der Waals surface area (Å²) in [5.41, 5.74) is 3.19. The second kappa shape index (κ2) is 8.99. The molecule has 0 aliphatic carbocycles. The minimum Gasteiger partial charge on any atom is -0.490 e. The van der Waals surface area contributed by atoms with Crippen molar-refractivity contribution in [2.75, 3.05) is 13.1 Å². The van der Waals surface area contributed by atoms with Gasteiger partial charge in [-0.2, -0.15) is 0 Å². The van der Waals surface area contributed by atoms with Gasteiger partial charge < -0.3 is 10.1 Å². The molecule has 5 heteroatoms. The van der Waals surface area contributed by atoms with Crippen molar-refractivity contribution in [3.8, 4) is 5.75 Å². The van der Waals surface area contributed by atoms with Gasteiger partial charge in [0.1, 0.15) is 11.9 Å². The molecule has 0 radical (unpaired) electrons. The molecule has 0 saturated carbocycles. The predicted octanol–water partition coefficient (Wildman–Crippen LogP) is 4.52. The maximum Gasteiger partial charge on any atom is 0.225 e. The molecule has 0 bridgehead atoms. The molecule has 3 heterocycles. The third-order valence-corrected chi connectivity index (χ3v) is 6.35. The van der Waals surface area contributed by atoms with E-state index in [9.17, 15) is 4.79 Å². The van der Waals surface area contributed by atoms with Crippen LogP contribution in [0.25, 0.3) is 0 Å². The Labute approximate surface area is 186 Å². The molecule has 1 amide bonds. The van der Waals surface area contributed by atoms with Crippen LogP contribution in [0.4, 0.5) is 0 Å². The van der Waals surface area contributed by atoms with Crippen LogP contribution < -0.4 is 10.1 Å². The molecule has 31 heavy (non-hydrogen) atoms. The number of hydrogen-bond acceptors (Lipinski definition) is 4. The van der Waals surface area contributed by atoms with Gasteiger partial charge in [-0.1, -0.05) is 39.0 Å². The molecule has 2 aromatic rings. The number of carbonyl (C=O) groups excluding carboxylic acids is 1. The van der Waals surface area contributed by atoms with Gasteiger partial charge in [0.05, 0.1) is 11.7 Å². The lowest BCUT2D eigenvalue weighted by molar-refractivity contribution is -0.130. The maximum absolute atomic E-state index is 12.8. The Morgan fingerprint density at radius 3 is 2.87 bits per heavy atom. The molecule has 166 valence electrons. The predicted molar refractivity (Wildman–Crippen MR) is 123 cm³/mol. The summed E-state index contributed by atoms with van der Waals surface area (Å²) in [6.07, 6.45) is 5.31. The highest BCUT2D eigenvalue weighted by Crippen LogP contribution is 2.33. The molecule has 1 saturated heterocycles. The van der Waals surface area contributed by atoms with Crippen LogP contribution in [-0.4, -0.2) is 35.0 Å². The number of carbonyl (C=O) groups is 1. The fraction of sp³-hybridized carbons (Fsp3) is 0.538. The number of likely N-dealkylation sites (tertiary alicyclic amines) is 1. The van der Waals surface area contributed by atoms with Crippen LogP contribution >= 0.6 is 0 Å². The van der Waals surface area contributed by atoms with Crippen molar-refractivity contribution in [3.05, 3.63) is 59.4 Å². The average molecular weight is 422 g/mol. The monoisotopic (exact) mass is 421 g/mol. The second-order valence-corrected chi connectivity index (χ2v) is 10.2. The van der Waals surface area contributed by atoms with E-state index in [1.807, 2.05) is 45.2 Å². The summed E-state index contributed by atoms with van der Waals surface area (Å²) in [6, 6.07) is 12.5. The molecule has 3 atom stereocenters. The lowest BCUT2D eigenvalue weighted by Gasteiger charge is -2.38. The van der Waals surface area contributed by atoms with E-state index in [0.29, 0.717) is 5.92 Å². The quantitative estimate of drug-likeness (QED) is 0.771. The summed E-state index contributed by atoms with van der Waals surface area (Å²) in [7, 11) is 0. The Balaban J connectivity index is 1.48. The standard InChI is InChI=1S/C26H35N3O2/c1-18-14-21-15-19(10-11-23(21)31-18)16-29-13-7-8-20(17-29)24(22-9-5-6-12-27-22)28-25(30)26(2,3)4/h5-6,9-12,15,18,20,24H,7-8,13-14,16-17H2,1-4H3,(H,28,30). The summed E-state index contributed by atoms with van der Waals surface area (Å²) in [6.45, 7) is 11.0. The van der Waals surface area contributed by atoms with E-state index in [1.165, 1.54) is 11.1 Å². The number of ether oxygens (including phenoxy) is 1. The Bertz CT molecular complexity index is 907. The van der Waals surface area contributed by atoms with Crippen LogP contribution in [0.15, 0.2) is 42.6 Å². The highest BCUT2D eigenvalue weighted by molar-refractivity contribution is 5.81. The molecular weight excluding hydrogens is 386 g/mol. The molecule has 1 aromatic heterocycles. The van der Waals surface area contributed by atoms with Gasteiger partial charge in [0.2, 0.25) is 5.91 Å². The highest BCUT2D eigenvalue weighted by Gasteiger charge is 2.33. The first-order chi connectivity index (χ1) is 14.8. The van der Waals surface area contributed by atoms with Crippen molar-refractivity contribution in [1.82, 2.24) is 15.2 Å². The van der Waals surface area contributed by atoms with Crippen molar-refractivity contribution in [2.45, 2.75) is 65.6 Å². The Morgan fingerprint density at radius 1 is 1.29 bits per heavy atom. The SMILES string of the molecule is CC1Cc2cc(CN3CCCC(C(NC(=O)C(C)(C)C)c4ccccn4)C3)ccc2O1. The minimum absolute atomic E-state index is 0.0648. The average Bonchev–Trinajstić information content (AvgIpc) is 3.11. The molecule has 0 spiro atoms. The topological polar surface area (TPSA) is 54.5 Å². The summed E-state index contributed by atoms with van der Waals surface area (Å²) < 4.78 is 5.85. The zero-order valence-corrected chi connectivity index (χ0v) is 19.2. The Kier molecular flexibility index (Phi) is 6.33. The van der Waals surface area contributed by atoms with Crippen LogP contribution in [0.2, 0.25) is 0 Å². The number of fused-ring (bicyclic) bond motifs is 1. The van der Waals surface area contributed by atoms with Crippen molar-refractivity contribution in [1.29, 1.82) is 0 Å². The molecule has 5 nitrogen and oxygen atoms in total. The zero-order valence-electron chi connectivity index (χ0n) is 19.2. The van der Waals surface area contributed by atoms with Gasteiger partial charge in [-0.15, -0.1) is 0 Å². The number of benzene rings is 1. The van der Waals surface area contributed by atoms with E-state index in [1.54, 1.807) is 0 Å². The maximum atomic E-state index is 12.8. The number of hydrogen-bond donors (Lipinski definition) is 1. The number of aromatic nitrogens is 1. The molecule has 1 N–H and O–H groups in total. The summed E-state index contributed by atoms with van der Waals surface area (Å²) in [5.74, 6) is 1.45. The van der Waals surface area contributed by atoms with E-state index >= 15 is 0 Å². The molecule has 3 unspecified atom stereocenters. The fourth-order valence-electron chi connectivity index (χ4n) is 4.69. The number of rotatable bonds is 5. The number of pyridine rings is 1. The minimum atomic E-state index is -0.426. The van der Waals surface area contributed by atoms with Crippen molar-refractivity contribution < 1.29 is 9.53 Å². The van der Waals surface area contributed by atoms with Crippen molar-refractivity contribution in [2.24, 2.45) is 11.3 Å². The molecule has 1 fully saturated rings. The normalized spacial score (nSPS) is 22.5. The van der Waals surface area contributed by atoms with Gasteiger partial charge in [-0.3, -0.25) is 14.7 Å². The lowest BCUT2D eigenvalue weighted by atomic mass is 9.86. The molecular formula is C26H35N3O2. The number of piperidine rings is 1. The smallest absolute Gasteiger partial charge is 0.225 e. The molecule has 4 rings (SSSR count). The van der Waals surface area contributed by atoms with Gasteiger partial charge in [-0.25, -0.2) is 0 Å².